The van der Waals surface area contributed by atoms with E-state index in [-0.39, 0.29) is 28.6 Å². The molecule has 9 heteroatoms. The van der Waals surface area contributed by atoms with Gasteiger partial charge in [-0.15, -0.1) is 0 Å². The molecule has 1 atom stereocenters. The minimum atomic E-state index is -3.28. The molecule has 0 aliphatic carbocycles. The fourth-order valence-electron chi connectivity index (χ4n) is 2.83. The second-order valence-electron chi connectivity index (χ2n) is 6.19. The van der Waals surface area contributed by atoms with Crippen LogP contribution in [0.15, 0.2) is 47.5 Å². The minimum Gasteiger partial charge on any atom is -0.477 e. The SMILES string of the molecule is CS(=O)(=O)c1ccc(C2CN(C(=O)c3ccnc(C(=O)O)c3)CCO2)cc1. The van der Waals surface area contributed by atoms with Gasteiger partial charge in [-0.2, -0.15) is 0 Å². The van der Waals surface area contributed by atoms with Crippen molar-refractivity contribution >= 4 is 21.7 Å². The molecule has 3 rings (SSSR count). The Hall–Kier alpha value is -2.78. The lowest BCUT2D eigenvalue weighted by atomic mass is 10.1. The zero-order valence-electron chi connectivity index (χ0n) is 14.5. The van der Waals surface area contributed by atoms with Crippen LogP contribution in [-0.2, 0) is 14.6 Å². The van der Waals surface area contributed by atoms with Crippen LogP contribution in [0, 0.1) is 0 Å². The van der Waals surface area contributed by atoms with Crippen LogP contribution in [0.25, 0.3) is 0 Å². The molecule has 27 heavy (non-hydrogen) atoms. The molecule has 2 aromatic rings. The van der Waals surface area contributed by atoms with Crippen molar-refractivity contribution in [2.24, 2.45) is 0 Å². The second kappa shape index (κ2) is 7.45. The van der Waals surface area contributed by atoms with E-state index in [4.69, 9.17) is 9.84 Å². The van der Waals surface area contributed by atoms with Crippen LogP contribution >= 0.6 is 0 Å². The maximum absolute atomic E-state index is 12.7. The summed E-state index contributed by atoms with van der Waals surface area (Å²) in [4.78, 5) is 29.3. The molecule has 1 aliphatic heterocycles. The first-order valence-corrected chi connectivity index (χ1v) is 10.0. The van der Waals surface area contributed by atoms with Crippen molar-refractivity contribution in [3.63, 3.8) is 0 Å². The Morgan fingerprint density at radius 3 is 2.56 bits per heavy atom. The van der Waals surface area contributed by atoms with Crippen LogP contribution in [0.2, 0.25) is 0 Å². The Labute approximate surface area is 156 Å². The number of benzene rings is 1. The average molecular weight is 390 g/mol. The molecule has 1 fully saturated rings. The van der Waals surface area contributed by atoms with Gasteiger partial charge in [0.25, 0.3) is 5.91 Å². The third-order valence-electron chi connectivity index (χ3n) is 4.26. The number of rotatable bonds is 4. The first-order chi connectivity index (χ1) is 12.8. The highest BCUT2D eigenvalue weighted by atomic mass is 32.2. The number of carbonyl (C=O) groups is 2. The lowest BCUT2D eigenvalue weighted by molar-refractivity contribution is -0.0228. The van der Waals surface area contributed by atoms with E-state index < -0.39 is 21.9 Å². The molecule has 1 amide bonds. The highest BCUT2D eigenvalue weighted by Gasteiger charge is 2.27. The van der Waals surface area contributed by atoms with Crippen molar-refractivity contribution in [3.05, 3.63) is 59.4 Å². The number of hydrogen-bond donors (Lipinski definition) is 1. The standard InChI is InChI=1S/C18H18N2O6S/c1-27(24,25)14-4-2-12(3-5-14)16-11-20(8-9-26-16)17(21)13-6-7-19-15(10-13)18(22)23/h2-7,10,16H,8-9,11H2,1H3,(H,22,23). The van der Waals surface area contributed by atoms with Crippen molar-refractivity contribution in [3.8, 4) is 0 Å². The summed E-state index contributed by atoms with van der Waals surface area (Å²) < 4.78 is 28.8. The third-order valence-corrected chi connectivity index (χ3v) is 5.39. The number of amides is 1. The van der Waals surface area contributed by atoms with Crippen LogP contribution in [0.3, 0.4) is 0 Å². The predicted molar refractivity (Wildman–Crippen MR) is 95.3 cm³/mol. The Bertz CT molecular complexity index is 972. The monoisotopic (exact) mass is 390 g/mol. The molecule has 1 aromatic heterocycles. The predicted octanol–water partition coefficient (Wildman–Crippen LogP) is 1.40. The summed E-state index contributed by atoms with van der Waals surface area (Å²) in [6, 6.07) is 9.08. The normalized spacial score (nSPS) is 17.5. The van der Waals surface area contributed by atoms with Crippen LogP contribution in [0.1, 0.15) is 32.5 Å². The largest absolute Gasteiger partial charge is 0.477 e. The number of aromatic nitrogens is 1. The summed E-state index contributed by atoms with van der Waals surface area (Å²) in [5.74, 6) is -1.50. The zero-order valence-corrected chi connectivity index (χ0v) is 15.3. The van der Waals surface area contributed by atoms with E-state index in [9.17, 15) is 18.0 Å². The molecule has 0 spiro atoms. The van der Waals surface area contributed by atoms with Crippen molar-refractivity contribution in [2.75, 3.05) is 26.0 Å². The van der Waals surface area contributed by atoms with Gasteiger partial charge >= 0.3 is 5.97 Å². The van der Waals surface area contributed by atoms with E-state index in [0.717, 1.165) is 11.8 Å². The number of hydrogen-bond acceptors (Lipinski definition) is 6. The summed E-state index contributed by atoms with van der Waals surface area (Å²) in [7, 11) is -3.28. The second-order valence-corrected chi connectivity index (χ2v) is 8.20. The molecule has 0 saturated carbocycles. The third kappa shape index (κ3) is 4.32. The lowest BCUT2D eigenvalue weighted by Crippen LogP contribution is -2.42. The summed E-state index contributed by atoms with van der Waals surface area (Å²) >= 11 is 0. The van der Waals surface area contributed by atoms with Gasteiger partial charge in [0.05, 0.1) is 18.0 Å². The molecule has 142 valence electrons. The maximum Gasteiger partial charge on any atom is 0.354 e. The fourth-order valence-corrected chi connectivity index (χ4v) is 3.46. The van der Waals surface area contributed by atoms with Crippen molar-refractivity contribution in [1.29, 1.82) is 0 Å². The summed E-state index contributed by atoms with van der Waals surface area (Å²) in [5, 5.41) is 9.02. The summed E-state index contributed by atoms with van der Waals surface area (Å²) in [6.45, 7) is 0.977. The van der Waals surface area contributed by atoms with E-state index in [0.29, 0.717) is 13.2 Å². The Morgan fingerprint density at radius 2 is 1.93 bits per heavy atom. The van der Waals surface area contributed by atoms with Crippen LogP contribution in [0.5, 0.6) is 0 Å². The number of carbonyl (C=O) groups excluding carboxylic acids is 1. The van der Waals surface area contributed by atoms with Crippen LogP contribution in [-0.4, -0.2) is 61.2 Å². The van der Waals surface area contributed by atoms with Gasteiger partial charge in [0, 0.05) is 24.6 Å². The van der Waals surface area contributed by atoms with Crippen molar-refractivity contribution in [2.45, 2.75) is 11.0 Å². The number of ether oxygens (including phenoxy) is 1. The molecule has 1 N–H and O–H groups in total. The zero-order chi connectivity index (χ0) is 19.6. The van der Waals surface area contributed by atoms with Gasteiger partial charge in [-0.25, -0.2) is 18.2 Å². The van der Waals surface area contributed by atoms with E-state index >= 15 is 0 Å². The molecule has 0 radical (unpaired) electrons. The van der Waals surface area contributed by atoms with Gasteiger partial charge in [-0.05, 0) is 29.8 Å². The van der Waals surface area contributed by atoms with E-state index in [1.165, 1.54) is 30.5 Å². The van der Waals surface area contributed by atoms with Gasteiger partial charge in [-0.1, -0.05) is 12.1 Å². The van der Waals surface area contributed by atoms with Crippen molar-refractivity contribution < 1.29 is 27.9 Å². The van der Waals surface area contributed by atoms with E-state index in [1.54, 1.807) is 17.0 Å². The number of aromatic carboxylic acids is 1. The number of sulfone groups is 1. The molecule has 8 nitrogen and oxygen atoms in total. The summed E-state index contributed by atoms with van der Waals surface area (Å²) in [5.41, 5.74) is 0.818. The first-order valence-electron chi connectivity index (χ1n) is 8.16. The molecular formula is C18H18N2O6S. The average Bonchev–Trinajstić information content (AvgIpc) is 2.67. The Kier molecular flexibility index (Phi) is 5.24. The number of carboxylic acids is 1. The van der Waals surface area contributed by atoms with Gasteiger partial charge in [-0.3, -0.25) is 4.79 Å². The van der Waals surface area contributed by atoms with Gasteiger partial charge in [0.2, 0.25) is 0 Å². The first kappa shape index (κ1) is 19.0. The molecule has 1 saturated heterocycles. The van der Waals surface area contributed by atoms with Gasteiger partial charge in [0.1, 0.15) is 11.8 Å². The molecular weight excluding hydrogens is 372 g/mol. The topological polar surface area (TPSA) is 114 Å². The van der Waals surface area contributed by atoms with Crippen LogP contribution < -0.4 is 0 Å². The number of morpholine rings is 1. The lowest BCUT2D eigenvalue weighted by Gasteiger charge is -2.33. The molecule has 1 aliphatic rings. The molecule has 1 aromatic carbocycles. The highest BCUT2D eigenvalue weighted by molar-refractivity contribution is 7.90. The smallest absolute Gasteiger partial charge is 0.354 e. The molecule has 1 unspecified atom stereocenters. The molecule has 0 bridgehead atoms. The fraction of sp³-hybridized carbons (Fsp3) is 0.278. The van der Waals surface area contributed by atoms with Gasteiger partial charge < -0.3 is 14.7 Å². The number of pyridine rings is 1. The van der Waals surface area contributed by atoms with E-state index in [2.05, 4.69) is 4.98 Å². The Balaban J connectivity index is 1.77. The molecule has 2 heterocycles. The Morgan fingerprint density at radius 1 is 1.22 bits per heavy atom. The highest BCUT2D eigenvalue weighted by Crippen LogP contribution is 2.24. The minimum absolute atomic E-state index is 0.193. The maximum atomic E-state index is 12.7. The van der Waals surface area contributed by atoms with Crippen molar-refractivity contribution in [1.82, 2.24) is 9.88 Å². The summed E-state index contributed by atoms with van der Waals surface area (Å²) in [6.07, 6.45) is 2.04. The number of nitrogens with zero attached hydrogens (tertiary/aromatic N) is 2. The quantitative estimate of drug-likeness (QED) is 0.839. The van der Waals surface area contributed by atoms with E-state index in [1.807, 2.05) is 0 Å². The number of carboxylic acid groups (broad SMARTS) is 1. The van der Waals surface area contributed by atoms with Gasteiger partial charge in [0.15, 0.2) is 9.84 Å². The van der Waals surface area contributed by atoms with Crippen LogP contribution in [0.4, 0.5) is 0 Å².